The van der Waals surface area contributed by atoms with E-state index in [4.69, 9.17) is 0 Å². The van der Waals surface area contributed by atoms with Gasteiger partial charge in [-0.1, -0.05) is 36.4 Å². The summed E-state index contributed by atoms with van der Waals surface area (Å²) in [6.45, 7) is 0. The van der Waals surface area contributed by atoms with E-state index in [2.05, 4.69) is 12.1 Å². The molecule has 0 heterocycles. The lowest BCUT2D eigenvalue weighted by Gasteiger charge is -2.24. The highest BCUT2D eigenvalue weighted by atomic mass is 16.4. The molecule has 1 unspecified atom stereocenters. The Labute approximate surface area is 99.9 Å². The number of hydrogen-bond acceptors (Lipinski definition) is 1. The van der Waals surface area contributed by atoms with E-state index in [1.165, 1.54) is 5.56 Å². The molecule has 0 amide bonds. The molecule has 2 heteroatoms. The van der Waals surface area contributed by atoms with Crippen LogP contribution in [0.3, 0.4) is 0 Å². The number of carbonyl (C=O) groups is 1. The van der Waals surface area contributed by atoms with E-state index < -0.39 is 5.97 Å². The maximum Gasteiger partial charge on any atom is 0.311 e. The van der Waals surface area contributed by atoms with Crippen LogP contribution in [0.1, 0.15) is 29.9 Å². The first-order chi connectivity index (χ1) is 8.27. The first kappa shape index (κ1) is 10.3. The molecule has 2 aromatic carbocycles. The molecule has 0 bridgehead atoms. The van der Waals surface area contributed by atoms with Gasteiger partial charge >= 0.3 is 5.97 Å². The summed E-state index contributed by atoms with van der Waals surface area (Å²) in [5.41, 5.74) is 2.25. The third-order valence-corrected chi connectivity index (χ3v) is 3.65. The molecule has 2 aromatic rings. The van der Waals surface area contributed by atoms with E-state index in [0.717, 1.165) is 35.6 Å². The van der Waals surface area contributed by atoms with Gasteiger partial charge in [0.15, 0.2) is 0 Å². The molecule has 1 aliphatic rings. The monoisotopic (exact) mass is 226 g/mol. The summed E-state index contributed by atoms with van der Waals surface area (Å²) in [6.07, 6.45) is 2.74. The summed E-state index contributed by atoms with van der Waals surface area (Å²) in [4.78, 5) is 11.4. The minimum absolute atomic E-state index is 0.329. The molecule has 86 valence electrons. The average Bonchev–Trinajstić information content (AvgIpc) is 2.37. The van der Waals surface area contributed by atoms with Crippen molar-refractivity contribution in [2.75, 3.05) is 0 Å². The maximum atomic E-state index is 11.4. The van der Waals surface area contributed by atoms with Crippen LogP contribution in [0.2, 0.25) is 0 Å². The van der Waals surface area contributed by atoms with Crippen molar-refractivity contribution in [1.82, 2.24) is 0 Å². The highest BCUT2D eigenvalue weighted by molar-refractivity contribution is 5.92. The van der Waals surface area contributed by atoms with Crippen molar-refractivity contribution >= 4 is 16.7 Å². The average molecular weight is 226 g/mol. The van der Waals surface area contributed by atoms with Gasteiger partial charge in [-0.15, -0.1) is 0 Å². The van der Waals surface area contributed by atoms with Gasteiger partial charge in [0.25, 0.3) is 0 Å². The fourth-order valence-electron chi connectivity index (χ4n) is 2.86. The molecule has 3 rings (SSSR count). The van der Waals surface area contributed by atoms with Crippen molar-refractivity contribution in [3.05, 3.63) is 47.5 Å². The zero-order valence-electron chi connectivity index (χ0n) is 9.52. The maximum absolute atomic E-state index is 11.4. The van der Waals surface area contributed by atoms with Crippen molar-refractivity contribution in [1.29, 1.82) is 0 Å². The van der Waals surface area contributed by atoms with Gasteiger partial charge in [-0.25, -0.2) is 0 Å². The Hall–Kier alpha value is -1.83. The summed E-state index contributed by atoms with van der Waals surface area (Å²) in [7, 11) is 0. The number of carboxylic acid groups (broad SMARTS) is 1. The molecule has 0 aliphatic heterocycles. The lowest BCUT2D eigenvalue weighted by atomic mass is 9.80. The van der Waals surface area contributed by atoms with Crippen LogP contribution in [0, 0.1) is 0 Å². The third kappa shape index (κ3) is 1.60. The molecule has 17 heavy (non-hydrogen) atoms. The summed E-state index contributed by atoms with van der Waals surface area (Å²) >= 11 is 0. The molecule has 1 aliphatic carbocycles. The van der Waals surface area contributed by atoms with Gasteiger partial charge in [0.1, 0.15) is 0 Å². The van der Waals surface area contributed by atoms with Crippen molar-refractivity contribution in [2.45, 2.75) is 25.2 Å². The highest BCUT2D eigenvalue weighted by Gasteiger charge is 2.27. The van der Waals surface area contributed by atoms with Gasteiger partial charge in [0.2, 0.25) is 0 Å². The van der Waals surface area contributed by atoms with Crippen LogP contribution in [0.4, 0.5) is 0 Å². The Bertz CT molecular complexity index is 586. The fourth-order valence-corrected chi connectivity index (χ4v) is 2.86. The standard InChI is InChI=1S/C15H14O2/c16-15(17)13-7-3-5-11-9-8-10-4-1-2-6-12(10)14(11)13/h1-2,4,6,8-9,13H,3,5,7H2,(H,16,17). The molecule has 1 N–H and O–H groups in total. The Balaban J connectivity index is 2.31. The third-order valence-electron chi connectivity index (χ3n) is 3.65. The van der Waals surface area contributed by atoms with Crippen molar-refractivity contribution in [3.63, 3.8) is 0 Å². The van der Waals surface area contributed by atoms with Crippen LogP contribution >= 0.6 is 0 Å². The zero-order chi connectivity index (χ0) is 11.8. The Morgan fingerprint density at radius 2 is 2.00 bits per heavy atom. The van der Waals surface area contributed by atoms with Gasteiger partial charge in [-0.2, -0.15) is 0 Å². The number of aryl methyl sites for hydroxylation is 1. The van der Waals surface area contributed by atoms with E-state index in [1.807, 2.05) is 24.3 Å². The normalized spacial score (nSPS) is 18.9. The van der Waals surface area contributed by atoms with E-state index in [0.29, 0.717) is 0 Å². The van der Waals surface area contributed by atoms with Crippen molar-refractivity contribution in [3.8, 4) is 0 Å². The van der Waals surface area contributed by atoms with Crippen LogP contribution < -0.4 is 0 Å². The highest BCUT2D eigenvalue weighted by Crippen LogP contribution is 2.36. The fraction of sp³-hybridized carbons (Fsp3) is 0.267. The molecule has 1 atom stereocenters. The van der Waals surface area contributed by atoms with Gasteiger partial charge in [-0.3, -0.25) is 4.79 Å². The Morgan fingerprint density at radius 1 is 1.18 bits per heavy atom. The molecule has 2 nitrogen and oxygen atoms in total. The molecular weight excluding hydrogens is 212 g/mol. The predicted molar refractivity (Wildman–Crippen MR) is 67.3 cm³/mol. The smallest absolute Gasteiger partial charge is 0.311 e. The molecule has 0 saturated heterocycles. The molecule has 0 aromatic heterocycles. The molecule has 0 fully saturated rings. The number of hydrogen-bond donors (Lipinski definition) is 1. The van der Waals surface area contributed by atoms with Crippen LogP contribution in [-0.4, -0.2) is 11.1 Å². The summed E-state index contributed by atoms with van der Waals surface area (Å²) in [5, 5.41) is 11.6. The van der Waals surface area contributed by atoms with E-state index in [-0.39, 0.29) is 5.92 Å². The number of aliphatic carboxylic acids is 1. The van der Waals surface area contributed by atoms with Gasteiger partial charge in [0.05, 0.1) is 5.92 Å². The summed E-state index contributed by atoms with van der Waals surface area (Å²) < 4.78 is 0. The van der Waals surface area contributed by atoms with Gasteiger partial charge in [0, 0.05) is 0 Å². The predicted octanol–water partition coefficient (Wildman–Crippen LogP) is 3.34. The molecular formula is C15H14O2. The van der Waals surface area contributed by atoms with Gasteiger partial charge < -0.3 is 5.11 Å². The number of benzene rings is 2. The Morgan fingerprint density at radius 3 is 2.82 bits per heavy atom. The van der Waals surface area contributed by atoms with Gasteiger partial charge in [-0.05, 0) is 41.2 Å². The SMILES string of the molecule is O=C(O)C1CCCc2ccc3ccccc3c21. The number of carboxylic acids is 1. The first-order valence-electron chi connectivity index (χ1n) is 6.00. The minimum atomic E-state index is -0.692. The Kier molecular flexibility index (Phi) is 2.36. The minimum Gasteiger partial charge on any atom is -0.481 e. The number of rotatable bonds is 1. The van der Waals surface area contributed by atoms with E-state index >= 15 is 0 Å². The van der Waals surface area contributed by atoms with Crippen molar-refractivity contribution in [2.24, 2.45) is 0 Å². The quantitative estimate of drug-likeness (QED) is 0.809. The largest absolute Gasteiger partial charge is 0.481 e. The van der Waals surface area contributed by atoms with Crippen LogP contribution in [0.25, 0.3) is 10.8 Å². The molecule has 0 spiro atoms. The second kappa shape index (κ2) is 3.88. The van der Waals surface area contributed by atoms with E-state index in [1.54, 1.807) is 0 Å². The lowest BCUT2D eigenvalue weighted by Crippen LogP contribution is -2.18. The van der Waals surface area contributed by atoms with Crippen molar-refractivity contribution < 1.29 is 9.90 Å². The molecule has 0 saturated carbocycles. The number of fused-ring (bicyclic) bond motifs is 3. The lowest BCUT2D eigenvalue weighted by molar-refractivity contribution is -0.139. The summed E-state index contributed by atoms with van der Waals surface area (Å²) in [5.74, 6) is -1.02. The van der Waals surface area contributed by atoms with Crippen LogP contribution in [0.15, 0.2) is 36.4 Å². The second-order valence-electron chi connectivity index (χ2n) is 4.64. The first-order valence-corrected chi connectivity index (χ1v) is 6.00. The second-order valence-corrected chi connectivity index (χ2v) is 4.64. The van der Waals surface area contributed by atoms with E-state index in [9.17, 15) is 9.90 Å². The summed E-state index contributed by atoms with van der Waals surface area (Å²) in [6, 6.07) is 12.2. The topological polar surface area (TPSA) is 37.3 Å². The van der Waals surface area contributed by atoms with Crippen LogP contribution in [0.5, 0.6) is 0 Å². The van der Waals surface area contributed by atoms with Crippen LogP contribution in [-0.2, 0) is 11.2 Å². The molecule has 0 radical (unpaired) electrons. The zero-order valence-corrected chi connectivity index (χ0v) is 9.52.